The normalized spacial score (nSPS) is 10.8. The van der Waals surface area contributed by atoms with Crippen molar-refractivity contribution >= 4 is 17.7 Å². The molecule has 6 heteroatoms. The zero-order chi connectivity index (χ0) is 24.5. The molecule has 0 unspecified atom stereocenters. The molecule has 0 heterocycles. The molecule has 0 saturated heterocycles. The number of anilines is 1. The van der Waals surface area contributed by atoms with Crippen LogP contribution in [0.1, 0.15) is 22.3 Å². The highest BCUT2D eigenvalue weighted by Crippen LogP contribution is 2.35. The molecule has 0 aromatic heterocycles. The van der Waals surface area contributed by atoms with Gasteiger partial charge in [0.25, 0.3) is 5.91 Å². The number of carbonyl (C=O) groups excluding carboxylic acids is 1. The Balaban J connectivity index is 1.91. The Labute approximate surface area is 198 Å². The van der Waals surface area contributed by atoms with E-state index in [9.17, 15) is 14.4 Å². The molecule has 3 aromatic carbocycles. The Morgan fingerprint density at radius 3 is 2.62 bits per heavy atom. The summed E-state index contributed by atoms with van der Waals surface area (Å²) in [5.74, 6) is -0.0226. The lowest BCUT2D eigenvalue weighted by Gasteiger charge is -2.16. The number of nitrogens with one attached hydrogen (secondary N) is 1. The van der Waals surface area contributed by atoms with Crippen LogP contribution in [0.2, 0.25) is 0 Å². The molecule has 0 atom stereocenters. The summed E-state index contributed by atoms with van der Waals surface area (Å²) >= 11 is 0. The highest BCUT2D eigenvalue weighted by Gasteiger charge is 2.15. The Bertz CT molecular complexity index is 1270. The van der Waals surface area contributed by atoms with Gasteiger partial charge < -0.3 is 14.8 Å². The van der Waals surface area contributed by atoms with Gasteiger partial charge in [-0.1, -0.05) is 36.4 Å². The summed E-state index contributed by atoms with van der Waals surface area (Å²) in [6, 6.07) is 19.1. The molecule has 1 amide bonds. The largest absolute Gasteiger partial charge is 0.493 e. The van der Waals surface area contributed by atoms with Gasteiger partial charge in [0.2, 0.25) is 0 Å². The van der Waals surface area contributed by atoms with E-state index in [0.29, 0.717) is 34.7 Å². The number of nitrogens with zero attached hydrogens (tertiary/aromatic N) is 1. The third-order valence-corrected chi connectivity index (χ3v) is 5.02. The van der Waals surface area contributed by atoms with Gasteiger partial charge in [0.05, 0.1) is 7.11 Å². The molecule has 0 bridgehead atoms. The molecule has 34 heavy (non-hydrogen) atoms. The number of carbonyl (C=O) groups is 1. The number of hydrogen-bond donors (Lipinski definition) is 1. The van der Waals surface area contributed by atoms with Gasteiger partial charge in [0.1, 0.15) is 24.1 Å². The number of hydrogen-bond acceptors (Lipinski definition) is 4. The van der Waals surface area contributed by atoms with Crippen molar-refractivity contribution in [3.8, 4) is 17.6 Å². The van der Waals surface area contributed by atoms with Crippen molar-refractivity contribution in [1.82, 2.24) is 0 Å². The second-order valence-corrected chi connectivity index (χ2v) is 7.58. The minimum atomic E-state index is -0.516. The van der Waals surface area contributed by atoms with Crippen LogP contribution in [-0.4, -0.2) is 13.0 Å². The lowest BCUT2D eigenvalue weighted by atomic mass is 10.0. The highest BCUT2D eigenvalue weighted by molar-refractivity contribution is 6.09. The molecule has 172 valence electrons. The van der Waals surface area contributed by atoms with E-state index in [4.69, 9.17) is 9.47 Å². The third-order valence-electron chi connectivity index (χ3n) is 5.02. The number of benzene rings is 3. The van der Waals surface area contributed by atoms with Gasteiger partial charge in [-0.15, -0.1) is 6.58 Å². The topological polar surface area (TPSA) is 71.4 Å². The number of allylic oxidation sites excluding steroid dienone is 1. The summed E-state index contributed by atoms with van der Waals surface area (Å²) in [6.45, 7) is 5.72. The first kappa shape index (κ1) is 24.3. The summed E-state index contributed by atoms with van der Waals surface area (Å²) in [5, 5.41) is 12.3. The standard InChI is InChI=1S/C28H25FN2O3/c1-4-8-21-14-20(15-23(17-30)28(32)31-24-11-7-9-19(2)13-24)16-26(33-3)27(21)34-18-22-10-5-6-12-25(22)29/h4-7,9-16H,1,8,18H2,2-3H3,(H,31,32)/b23-15+. The number of halogens is 1. The summed E-state index contributed by atoms with van der Waals surface area (Å²) in [4.78, 5) is 12.7. The molecular weight excluding hydrogens is 431 g/mol. The summed E-state index contributed by atoms with van der Waals surface area (Å²) in [6.07, 6.45) is 3.64. The number of methoxy groups -OCH3 is 1. The van der Waals surface area contributed by atoms with Crippen LogP contribution in [0.5, 0.6) is 11.5 Å². The SMILES string of the molecule is C=CCc1cc(/C=C(\C#N)C(=O)Nc2cccc(C)c2)cc(OC)c1OCc1ccccc1F. The molecule has 1 N–H and O–H groups in total. The summed E-state index contributed by atoms with van der Waals surface area (Å²) < 4.78 is 25.5. The first-order valence-corrected chi connectivity index (χ1v) is 10.6. The molecule has 0 aliphatic rings. The molecule has 3 rings (SSSR count). The van der Waals surface area contributed by atoms with E-state index in [2.05, 4.69) is 11.9 Å². The molecule has 3 aromatic rings. The van der Waals surface area contributed by atoms with E-state index in [0.717, 1.165) is 11.1 Å². The van der Waals surface area contributed by atoms with Crippen LogP contribution in [0.3, 0.4) is 0 Å². The van der Waals surface area contributed by atoms with Crippen molar-refractivity contribution in [2.24, 2.45) is 0 Å². The smallest absolute Gasteiger partial charge is 0.266 e. The predicted molar refractivity (Wildman–Crippen MR) is 131 cm³/mol. The fourth-order valence-electron chi connectivity index (χ4n) is 3.39. The van der Waals surface area contributed by atoms with Crippen LogP contribution >= 0.6 is 0 Å². The van der Waals surface area contributed by atoms with Gasteiger partial charge in [-0.05, 0) is 60.9 Å². The number of ether oxygens (including phenoxy) is 2. The first-order chi connectivity index (χ1) is 16.4. The maximum absolute atomic E-state index is 14.0. The summed E-state index contributed by atoms with van der Waals surface area (Å²) in [5.41, 5.74) is 3.26. The zero-order valence-electron chi connectivity index (χ0n) is 19.1. The Hall–Kier alpha value is -4.37. The lowest BCUT2D eigenvalue weighted by Crippen LogP contribution is -2.13. The van der Waals surface area contributed by atoms with Gasteiger partial charge in [-0.25, -0.2) is 4.39 Å². The van der Waals surface area contributed by atoms with Gasteiger partial charge >= 0.3 is 0 Å². The Morgan fingerprint density at radius 2 is 1.94 bits per heavy atom. The van der Waals surface area contributed by atoms with Crippen molar-refractivity contribution in [3.63, 3.8) is 0 Å². The first-order valence-electron chi connectivity index (χ1n) is 10.6. The molecular formula is C28H25FN2O3. The quantitative estimate of drug-likeness (QED) is 0.244. The third kappa shape index (κ3) is 6.11. The van der Waals surface area contributed by atoms with Crippen molar-refractivity contribution in [1.29, 1.82) is 5.26 Å². The maximum atomic E-state index is 14.0. The molecule has 5 nitrogen and oxygen atoms in total. The second-order valence-electron chi connectivity index (χ2n) is 7.58. The predicted octanol–water partition coefficient (Wildman–Crippen LogP) is 6.00. The van der Waals surface area contributed by atoms with E-state index in [1.165, 1.54) is 19.3 Å². The fraction of sp³-hybridized carbons (Fsp3) is 0.143. The number of amides is 1. The summed E-state index contributed by atoms with van der Waals surface area (Å²) in [7, 11) is 1.49. The van der Waals surface area contributed by atoms with E-state index in [1.807, 2.05) is 31.2 Å². The van der Waals surface area contributed by atoms with E-state index < -0.39 is 5.91 Å². The van der Waals surface area contributed by atoms with Crippen LogP contribution in [0, 0.1) is 24.1 Å². The Kier molecular flexibility index (Phi) is 8.20. The fourth-order valence-corrected chi connectivity index (χ4v) is 3.39. The minimum Gasteiger partial charge on any atom is -0.493 e. The van der Waals surface area contributed by atoms with Gasteiger partial charge in [0.15, 0.2) is 11.5 Å². The van der Waals surface area contributed by atoms with E-state index in [1.54, 1.807) is 42.5 Å². The Morgan fingerprint density at radius 1 is 1.15 bits per heavy atom. The van der Waals surface area contributed by atoms with Gasteiger partial charge in [-0.3, -0.25) is 4.79 Å². The van der Waals surface area contributed by atoms with Crippen LogP contribution < -0.4 is 14.8 Å². The average molecular weight is 457 g/mol. The van der Waals surface area contributed by atoms with Crippen molar-refractivity contribution < 1.29 is 18.7 Å². The van der Waals surface area contributed by atoms with Crippen LogP contribution in [0.25, 0.3) is 6.08 Å². The number of rotatable bonds is 9. The van der Waals surface area contributed by atoms with E-state index >= 15 is 0 Å². The van der Waals surface area contributed by atoms with E-state index in [-0.39, 0.29) is 18.0 Å². The number of nitriles is 1. The average Bonchev–Trinajstić information content (AvgIpc) is 2.82. The van der Waals surface area contributed by atoms with Gasteiger partial charge in [-0.2, -0.15) is 5.26 Å². The lowest BCUT2D eigenvalue weighted by molar-refractivity contribution is -0.112. The van der Waals surface area contributed by atoms with Crippen molar-refractivity contribution in [2.45, 2.75) is 20.0 Å². The van der Waals surface area contributed by atoms with Crippen LogP contribution in [0.4, 0.5) is 10.1 Å². The van der Waals surface area contributed by atoms with Crippen LogP contribution in [-0.2, 0) is 17.8 Å². The number of aryl methyl sites for hydroxylation is 1. The molecule has 0 fully saturated rings. The molecule has 0 aliphatic carbocycles. The minimum absolute atomic E-state index is 0.0186. The van der Waals surface area contributed by atoms with Crippen molar-refractivity contribution in [2.75, 3.05) is 12.4 Å². The molecule has 0 aliphatic heterocycles. The molecule has 0 spiro atoms. The zero-order valence-corrected chi connectivity index (χ0v) is 19.1. The molecule has 0 saturated carbocycles. The van der Waals surface area contributed by atoms with Crippen LogP contribution in [0.15, 0.2) is 78.9 Å². The highest BCUT2D eigenvalue weighted by atomic mass is 19.1. The monoisotopic (exact) mass is 456 g/mol. The van der Waals surface area contributed by atoms with Crippen molar-refractivity contribution in [3.05, 3.63) is 107 Å². The molecule has 0 radical (unpaired) electrons. The van der Waals surface area contributed by atoms with Gasteiger partial charge in [0, 0.05) is 16.8 Å². The maximum Gasteiger partial charge on any atom is 0.266 e. The second kappa shape index (κ2) is 11.5.